The van der Waals surface area contributed by atoms with Gasteiger partial charge < -0.3 is 4.98 Å². The highest BCUT2D eigenvalue weighted by Gasteiger charge is 2.38. The van der Waals surface area contributed by atoms with Gasteiger partial charge in [0.15, 0.2) is 11.5 Å². The summed E-state index contributed by atoms with van der Waals surface area (Å²) in [5.41, 5.74) is 4.02. The molecule has 7 rings (SSSR count). The second-order valence-electron chi connectivity index (χ2n) is 9.94. The molecule has 0 bridgehead atoms. The monoisotopic (exact) mass is 543 g/mol. The van der Waals surface area contributed by atoms with Crippen molar-refractivity contribution < 1.29 is 17.6 Å². The molecule has 0 atom stereocenters. The molecule has 2 aromatic carbocycles. The fourth-order valence-corrected chi connectivity index (χ4v) is 5.32. The molecular weight excluding hydrogens is 522 g/mol. The number of aromatic nitrogens is 6. The zero-order chi connectivity index (χ0) is 27.4. The van der Waals surface area contributed by atoms with Crippen LogP contribution in [0.1, 0.15) is 12.0 Å². The Labute approximate surface area is 224 Å². The van der Waals surface area contributed by atoms with Gasteiger partial charge in [-0.15, -0.1) is 0 Å². The van der Waals surface area contributed by atoms with E-state index in [9.17, 15) is 13.2 Å². The Kier molecular flexibility index (Phi) is 5.63. The van der Waals surface area contributed by atoms with E-state index in [1.54, 1.807) is 59.8 Å². The second kappa shape index (κ2) is 9.23. The van der Waals surface area contributed by atoms with Gasteiger partial charge in [0.25, 0.3) is 5.92 Å². The lowest BCUT2D eigenvalue weighted by atomic mass is 10.0. The molecule has 5 heterocycles. The second-order valence-corrected chi connectivity index (χ2v) is 9.94. The van der Waals surface area contributed by atoms with Crippen molar-refractivity contribution >= 4 is 22.1 Å². The van der Waals surface area contributed by atoms with E-state index >= 15 is 4.39 Å². The number of fused-ring (bicyclic) bond motifs is 2. The lowest BCUT2D eigenvalue weighted by molar-refractivity contribution is 0.0115. The zero-order valence-corrected chi connectivity index (χ0v) is 20.9. The Morgan fingerprint density at radius 3 is 2.67 bits per heavy atom. The van der Waals surface area contributed by atoms with Crippen molar-refractivity contribution in [3.05, 3.63) is 84.3 Å². The minimum absolute atomic E-state index is 0.173. The van der Waals surface area contributed by atoms with E-state index < -0.39 is 11.7 Å². The van der Waals surface area contributed by atoms with Crippen molar-refractivity contribution in [3.63, 3.8) is 0 Å². The number of likely N-dealkylation sites (tertiary alicyclic amines) is 1. The van der Waals surface area contributed by atoms with Crippen LogP contribution in [0.4, 0.5) is 17.6 Å². The number of aromatic amines is 2. The van der Waals surface area contributed by atoms with Crippen molar-refractivity contribution in [1.29, 1.82) is 0 Å². The highest BCUT2D eigenvalue weighted by molar-refractivity contribution is 5.98. The first-order chi connectivity index (χ1) is 19.4. The topological polar surface area (TPSA) is 86.4 Å². The van der Waals surface area contributed by atoms with Gasteiger partial charge in [-0.05, 0) is 35.9 Å². The van der Waals surface area contributed by atoms with Crippen LogP contribution in [0.5, 0.6) is 0 Å². The van der Waals surface area contributed by atoms with Crippen LogP contribution in [0.3, 0.4) is 0 Å². The van der Waals surface area contributed by atoms with Crippen LogP contribution >= 0.6 is 0 Å². The SMILES string of the molecule is Fc1ccccc1-c1ccnc2nc(-c3n[nH]c4ccc(-c5cncc(CN6CCC(F)(F)C6)c5)c(F)c34)[nH]c12. The van der Waals surface area contributed by atoms with Crippen molar-refractivity contribution in [2.75, 3.05) is 13.1 Å². The molecule has 1 fully saturated rings. The van der Waals surface area contributed by atoms with Gasteiger partial charge in [0, 0.05) is 60.4 Å². The molecule has 0 amide bonds. The number of imidazole rings is 1. The molecule has 1 saturated heterocycles. The number of pyridine rings is 2. The summed E-state index contributed by atoms with van der Waals surface area (Å²) in [5.74, 6) is -3.34. The summed E-state index contributed by atoms with van der Waals surface area (Å²) >= 11 is 0. The predicted molar refractivity (Wildman–Crippen MR) is 142 cm³/mol. The van der Waals surface area contributed by atoms with E-state index in [0.717, 1.165) is 0 Å². The Morgan fingerprint density at radius 1 is 0.975 bits per heavy atom. The van der Waals surface area contributed by atoms with E-state index in [0.29, 0.717) is 52.0 Å². The molecule has 0 unspecified atom stereocenters. The summed E-state index contributed by atoms with van der Waals surface area (Å²) in [6.45, 7) is 0.287. The Balaban J connectivity index is 1.29. The van der Waals surface area contributed by atoms with Gasteiger partial charge in [0.1, 0.15) is 17.3 Å². The number of rotatable bonds is 5. The third-order valence-corrected chi connectivity index (χ3v) is 7.21. The molecule has 0 aliphatic carbocycles. The molecule has 1 aliphatic heterocycles. The summed E-state index contributed by atoms with van der Waals surface area (Å²) in [6, 6.07) is 13.2. The van der Waals surface area contributed by atoms with Crippen molar-refractivity contribution in [1.82, 2.24) is 35.0 Å². The number of benzene rings is 2. The van der Waals surface area contributed by atoms with Crippen LogP contribution in [0.2, 0.25) is 0 Å². The van der Waals surface area contributed by atoms with Crippen molar-refractivity contribution in [2.24, 2.45) is 0 Å². The van der Waals surface area contributed by atoms with Crippen LogP contribution in [-0.4, -0.2) is 54.0 Å². The molecule has 1 aliphatic rings. The Bertz CT molecular complexity index is 1890. The highest BCUT2D eigenvalue weighted by Crippen LogP contribution is 2.36. The fourth-order valence-electron chi connectivity index (χ4n) is 5.32. The lowest BCUT2D eigenvalue weighted by Crippen LogP contribution is -2.24. The molecule has 2 N–H and O–H groups in total. The largest absolute Gasteiger partial charge is 0.335 e. The molecule has 11 heteroatoms. The Morgan fingerprint density at radius 2 is 1.85 bits per heavy atom. The average molecular weight is 544 g/mol. The summed E-state index contributed by atoms with van der Waals surface area (Å²) in [7, 11) is 0. The number of nitrogens with one attached hydrogen (secondary N) is 2. The molecule has 7 nitrogen and oxygen atoms in total. The third-order valence-electron chi connectivity index (χ3n) is 7.21. The standard InChI is InChI=1S/C29H21F4N7/c30-21-4-2-1-3-19(21)20-7-9-35-27-25(20)36-28(37-27)26-23-22(38-39-26)6-5-18(24(23)31)17-11-16(12-34-13-17)14-40-10-8-29(32,33)15-40/h1-7,9,11-13H,8,10,14-15H2,(H,38,39)(H,35,36,37). The maximum absolute atomic E-state index is 16.1. The van der Waals surface area contributed by atoms with Gasteiger partial charge in [-0.3, -0.25) is 15.0 Å². The minimum atomic E-state index is -2.69. The van der Waals surface area contributed by atoms with E-state index in [-0.39, 0.29) is 41.3 Å². The summed E-state index contributed by atoms with van der Waals surface area (Å²) in [4.78, 5) is 17.9. The lowest BCUT2D eigenvalue weighted by Gasteiger charge is -2.16. The number of alkyl halides is 2. The van der Waals surface area contributed by atoms with Crippen molar-refractivity contribution in [2.45, 2.75) is 18.9 Å². The smallest absolute Gasteiger partial charge is 0.261 e. The minimum Gasteiger partial charge on any atom is -0.335 e. The molecule has 200 valence electrons. The number of hydrogen-bond acceptors (Lipinski definition) is 5. The normalized spacial score (nSPS) is 15.4. The van der Waals surface area contributed by atoms with Gasteiger partial charge in [0.05, 0.1) is 23.0 Å². The zero-order valence-electron chi connectivity index (χ0n) is 20.9. The summed E-state index contributed by atoms with van der Waals surface area (Å²) in [6.07, 6.45) is 4.51. The molecule has 6 aromatic rings. The van der Waals surface area contributed by atoms with E-state index in [2.05, 4.69) is 30.1 Å². The highest BCUT2D eigenvalue weighted by atomic mass is 19.3. The van der Waals surface area contributed by atoms with Crippen molar-refractivity contribution in [3.8, 4) is 33.8 Å². The van der Waals surface area contributed by atoms with Crippen LogP contribution in [0, 0.1) is 11.6 Å². The maximum Gasteiger partial charge on any atom is 0.261 e. The predicted octanol–water partition coefficient (Wildman–Crippen LogP) is 6.35. The van der Waals surface area contributed by atoms with Gasteiger partial charge in [-0.1, -0.05) is 18.2 Å². The molecule has 0 spiro atoms. The average Bonchev–Trinajstić information content (AvgIpc) is 3.65. The van der Waals surface area contributed by atoms with Crippen LogP contribution in [-0.2, 0) is 6.54 Å². The first-order valence-electron chi connectivity index (χ1n) is 12.7. The molecular formula is C29H21F4N7. The number of hydrogen-bond donors (Lipinski definition) is 2. The number of halogens is 4. The summed E-state index contributed by atoms with van der Waals surface area (Å²) < 4.78 is 58.0. The maximum atomic E-state index is 16.1. The first kappa shape index (κ1) is 24.4. The number of nitrogens with zero attached hydrogens (tertiary/aromatic N) is 5. The molecule has 0 radical (unpaired) electrons. The third kappa shape index (κ3) is 4.19. The van der Waals surface area contributed by atoms with Gasteiger partial charge in [-0.2, -0.15) is 5.10 Å². The van der Waals surface area contributed by atoms with E-state index in [1.165, 1.54) is 12.3 Å². The molecule has 4 aromatic heterocycles. The number of H-pyrrole nitrogens is 2. The van der Waals surface area contributed by atoms with Gasteiger partial charge >= 0.3 is 0 Å². The van der Waals surface area contributed by atoms with E-state index in [4.69, 9.17) is 0 Å². The van der Waals surface area contributed by atoms with Gasteiger partial charge in [-0.25, -0.2) is 27.5 Å². The Hall–Kier alpha value is -4.64. The quantitative estimate of drug-likeness (QED) is 0.248. The van der Waals surface area contributed by atoms with Crippen LogP contribution in [0.15, 0.2) is 67.1 Å². The van der Waals surface area contributed by atoms with Crippen LogP contribution in [0.25, 0.3) is 55.8 Å². The van der Waals surface area contributed by atoms with Gasteiger partial charge in [0.2, 0.25) is 0 Å². The first-order valence-corrected chi connectivity index (χ1v) is 12.7. The summed E-state index contributed by atoms with van der Waals surface area (Å²) in [5, 5.41) is 7.39. The fraction of sp³-hybridized carbons (Fsp3) is 0.172. The molecule has 40 heavy (non-hydrogen) atoms. The van der Waals surface area contributed by atoms with Crippen LogP contribution < -0.4 is 0 Å². The molecule has 0 saturated carbocycles. The van der Waals surface area contributed by atoms with E-state index in [1.807, 2.05) is 0 Å².